The first-order valence-electron chi connectivity index (χ1n) is 6.69. The van der Waals surface area contributed by atoms with Crippen LogP contribution in [0.1, 0.15) is 24.8 Å². The van der Waals surface area contributed by atoms with Gasteiger partial charge in [0.25, 0.3) is 0 Å². The molecule has 0 fully saturated rings. The Bertz CT molecular complexity index is 449. The molecule has 7 heteroatoms. The van der Waals surface area contributed by atoms with Gasteiger partial charge < -0.3 is 15.8 Å². The lowest BCUT2D eigenvalue weighted by Gasteiger charge is -2.21. The van der Waals surface area contributed by atoms with E-state index in [1.807, 2.05) is 17.5 Å². The topological polar surface area (TPSA) is 81.4 Å². The average Bonchev–Trinajstić information content (AvgIpc) is 2.97. The molecule has 1 aromatic rings. The summed E-state index contributed by atoms with van der Waals surface area (Å²) >= 11 is 2.96. The van der Waals surface area contributed by atoms with Crippen LogP contribution in [0, 0.1) is 5.92 Å². The fraction of sp³-hybridized carbons (Fsp3) is 0.571. The zero-order chi connectivity index (χ0) is 15.8. The van der Waals surface area contributed by atoms with Crippen LogP contribution < -0.4 is 11.1 Å². The molecule has 3 N–H and O–H groups in total. The maximum atomic E-state index is 12.0. The number of rotatable bonds is 8. The van der Waals surface area contributed by atoms with Crippen LogP contribution in [0.2, 0.25) is 0 Å². The Balaban J connectivity index is 2.40. The third-order valence-electron chi connectivity index (χ3n) is 2.87. The molecule has 5 nitrogen and oxygen atoms in total. The molecule has 0 spiro atoms. The number of thioether (sulfide) groups is 1. The lowest BCUT2D eigenvalue weighted by molar-refractivity contribution is -0.141. The third-order valence-corrected chi connectivity index (χ3v) is 4.88. The predicted molar refractivity (Wildman–Crippen MR) is 87.4 cm³/mol. The monoisotopic (exact) mass is 330 g/mol. The molecule has 0 aliphatic rings. The number of nitrogens with two attached hydrogens (primary N) is 1. The minimum atomic E-state index is -0.689. The molecular weight excluding hydrogens is 308 g/mol. The van der Waals surface area contributed by atoms with Crippen molar-refractivity contribution in [2.24, 2.45) is 11.7 Å². The minimum absolute atomic E-state index is 0.0207. The van der Waals surface area contributed by atoms with E-state index in [1.54, 1.807) is 11.3 Å². The number of esters is 1. The third kappa shape index (κ3) is 6.07. The number of thiophene rings is 1. The van der Waals surface area contributed by atoms with E-state index in [9.17, 15) is 9.59 Å². The highest BCUT2D eigenvalue weighted by atomic mass is 32.2. The minimum Gasteiger partial charge on any atom is -0.468 e. The van der Waals surface area contributed by atoms with Crippen molar-refractivity contribution in [3.05, 3.63) is 22.4 Å². The summed E-state index contributed by atoms with van der Waals surface area (Å²) in [6.07, 6.45) is 0. The van der Waals surface area contributed by atoms with E-state index in [1.165, 1.54) is 18.9 Å². The van der Waals surface area contributed by atoms with Crippen molar-refractivity contribution in [1.82, 2.24) is 5.32 Å². The summed E-state index contributed by atoms with van der Waals surface area (Å²) in [7, 11) is 1.30. The molecule has 0 aromatic carbocycles. The van der Waals surface area contributed by atoms with Gasteiger partial charge in [0, 0.05) is 10.6 Å². The largest absolute Gasteiger partial charge is 0.468 e. The molecule has 0 saturated heterocycles. The Morgan fingerprint density at radius 2 is 2.19 bits per heavy atom. The molecule has 0 radical (unpaired) electrons. The van der Waals surface area contributed by atoms with E-state index in [2.05, 4.69) is 23.9 Å². The van der Waals surface area contributed by atoms with Crippen LogP contribution in [0.15, 0.2) is 17.5 Å². The lowest BCUT2D eigenvalue weighted by atomic mass is 10.0. The SMILES string of the molecule is COC(=O)C(N)CSCC(=O)NC(c1cccs1)C(C)C. The highest BCUT2D eigenvalue weighted by Crippen LogP contribution is 2.25. The highest BCUT2D eigenvalue weighted by Gasteiger charge is 2.20. The van der Waals surface area contributed by atoms with Crippen molar-refractivity contribution in [3.8, 4) is 0 Å². The fourth-order valence-corrected chi connectivity index (χ4v) is 3.47. The van der Waals surface area contributed by atoms with Gasteiger partial charge in [0.05, 0.1) is 18.9 Å². The second kappa shape index (κ2) is 9.07. The van der Waals surface area contributed by atoms with Gasteiger partial charge >= 0.3 is 5.97 Å². The summed E-state index contributed by atoms with van der Waals surface area (Å²) in [5, 5.41) is 5.03. The van der Waals surface area contributed by atoms with Gasteiger partial charge in [-0.15, -0.1) is 23.1 Å². The van der Waals surface area contributed by atoms with Crippen LogP contribution in [0.3, 0.4) is 0 Å². The van der Waals surface area contributed by atoms with E-state index in [0.29, 0.717) is 11.7 Å². The molecule has 118 valence electrons. The summed E-state index contributed by atoms with van der Waals surface area (Å²) in [5.41, 5.74) is 5.62. The number of carbonyl (C=O) groups excluding carboxylic acids is 2. The molecule has 2 unspecified atom stereocenters. The quantitative estimate of drug-likeness (QED) is 0.710. The first-order valence-corrected chi connectivity index (χ1v) is 8.73. The van der Waals surface area contributed by atoms with Gasteiger partial charge in [-0.25, -0.2) is 0 Å². The Kier molecular flexibility index (Phi) is 7.77. The molecule has 2 atom stereocenters. The van der Waals surface area contributed by atoms with Crippen LogP contribution >= 0.6 is 23.1 Å². The lowest BCUT2D eigenvalue weighted by Crippen LogP contribution is -2.36. The molecule has 0 aliphatic carbocycles. The first-order chi connectivity index (χ1) is 9.95. The van der Waals surface area contributed by atoms with Gasteiger partial charge in [-0.2, -0.15) is 0 Å². The van der Waals surface area contributed by atoms with Crippen molar-refractivity contribution in [3.63, 3.8) is 0 Å². The Morgan fingerprint density at radius 1 is 1.48 bits per heavy atom. The van der Waals surface area contributed by atoms with Crippen LogP contribution in [0.4, 0.5) is 0 Å². The van der Waals surface area contributed by atoms with Gasteiger partial charge in [0.1, 0.15) is 6.04 Å². The van der Waals surface area contributed by atoms with Crippen LogP contribution in [-0.4, -0.2) is 36.5 Å². The standard InChI is InChI=1S/C14H22N2O3S2/c1-9(2)13(11-5-4-6-21-11)16-12(17)8-20-7-10(15)14(18)19-3/h4-6,9-10,13H,7-8,15H2,1-3H3,(H,16,17). The van der Waals surface area contributed by atoms with Crippen molar-refractivity contribution in [2.75, 3.05) is 18.6 Å². The Hall–Kier alpha value is -1.05. The first kappa shape index (κ1) is 18.0. The smallest absolute Gasteiger partial charge is 0.323 e. The van der Waals surface area contributed by atoms with Gasteiger partial charge in [-0.1, -0.05) is 19.9 Å². The normalized spacial score (nSPS) is 13.8. The fourth-order valence-electron chi connectivity index (χ4n) is 1.75. The number of amides is 1. The summed E-state index contributed by atoms with van der Waals surface area (Å²) in [4.78, 5) is 24.3. The van der Waals surface area contributed by atoms with E-state index < -0.39 is 12.0 Å². The van der Waals surface area contributed by atoms with Crippen molar-refractivity contribution < 1.29 is 14.3 Å². The molecular formula is C14H22N2O3S2. The van der Waals surface area contributed by atoms with Gasteiger partial charge in [-0.3, -0.25) is 9.59 Å². The van der Waals surface area contributed by atoms with Crippen molar-refractivity contribution in [2.45, 2.75) is 25.9 Å². The number of hydrogen-bond donors (Lipinski definition) is 2. The van der Waals surface area contributed by atoms with Gasteiger partial charge in [0.2, 0.25) is 5.91 Å². The molecule has 0 aliphatic heterocycles. The predicted octanol–water partition coefficient (Wildman–Crippen LogP) is 1.79. The molecule has 1 rings (SSSR count). The maximum Gasteiger partial charge on any atom is 0.323 e. The maximum absolute atomic E-state index is 12.0. The Labute approximate surface area is 133 Å². The van der Waals surface area contributed by atoms with E-state index >= 15 is 0 Å². The number of nitrogens with one attached hydrogen (secondary N) is 1. The van der Waals surface area contributed by atoms with E-state index in [4.69, 9.17) is 5.73 Å². The molecule has 0 bridgehead atoms. The molecule has 1 aromatic heterocycles. The van der Waals surface area contributed by atoms with E-state index in [0.717, 1.165) is 4.88 Å². The van der Waals surface area contributed by atoms with Crippen LogP contribution in [-0.2, 0) is 14.3 Å². The number of carbonyl (C=O) groups is 2. The van der Waals surface area contributed by atoms with Gasteiger partial charge in [-0.05, 0) is 17.4 Å². The average molecular weight is 330 g/mol. The highest BCUT2D eigenvalue weighted by molar-refractivity contribution is 8.00. The summed E-state index contributed by atoms with van der Waals surface area (Å²) < 4.78 is 4.54. The summed E-state index contributed by atoms with van der Waals surface area (Å²) in [6.45, 7) is 4.15. The molecule has 21 heavy (non-hydrogen) atoms. The molecule has 0 saturated carbocycles. The van der Waals surface area contributed by atoms with Crippen LogP contribution in [0.25, 0.3) is 0 Å². The van der Waals surface area contributed by atoms with Crippen LogP contribution in [0.5, 0.6) is 0 Å². The van der Waals surface area contributed by atoms with Gasteiger partial charge in [0.15, 0.2) is 0 Å². The number of ether oxygens (including phenoxy) is 1. The second-order valence-electron chi connectivity index (χ2n) is 4.95. The number of hydrogen-bond acceptors (Lipinski definition) is 6. The number of methoxy groups -OCH3 is 1. The zero-order valence-electron chi connectivity index (χ0n) is 12.5. The van der Waals surface area contributed by atoms with E-state index in [-0.39, 0.29) is 17.7 Å². The Morgan fingerprint density at radius 3 is 2.71 bits per heavy atom. The second-order valence-corrected chi connectivity index (χ2v) is 6.96. The van der Waals surface area contributed by atoms with Crippen molar-refractivity contribution in [1.29, 1.82) is 0 Å². The molecule has 1 heterocycles. The summed E-state index contributed by atoms with van der Waals surface area (Å²) in [5.74, 6) is 0.450. The summed E-state index contributed by atoms with van der Waals surface area (Å²) in [6, 6.07) is 3.33. The zero-order valence-corrected chi connectivity index (χ0v) is 14.1. The van der Waals surface area contributed by atoms with Crippen molar-refractivity contribution >= 4 is 35.0 Å². The molecule has 1 amide bonds.